The van der Waals surface area contributed by atoms with Crippen molar-refractivity contribution in [3.8, 4) is 0 Å². The Labute approximate surface area is 121 Å². The Bertz CT molecular complexity index is 397. The highest BCUT2D eigenvalue weighted by molar-refractivity contribution is 6.29. The number of pyridine rings is 1. The highest BCUT2D eigenvalue weighted by Crippen LogP contribution is 2.28. The SMILES string of the molecule is CCN(Cc1cccc(Cl)n1)C1CCCCC1CN. The highest BCUT2D eigenvalue weighted by Gasteiger charge is 2.28. The maximum Gasteiger partial charge on any atom is 0.129 e. The quantitative estimate of drug-likeness (QED) is 0.844. The van der Waals surface area contributed by atoms with Crippen LogP contribution in [0.2, 0.25) is 5.15 Å². The number of halogens is 1. The summed E-state index contributed by atoms with van der Waals surface area (Å²) in [4.78, 5) is 6.91. The molecule has 2 atom stereocenters. The van der Waals surface area contributed by atoms with Crippen molar-refractivity contribution in [1.82, 2.24) is 9.88 Å². The van der Waals surface area contributed by atoms with Crippen LogP contribution < -0.4 is 5.73 Å². The lowest BCUT2D eigenvalue weighted by atomic mass is 9.83. The molecule has 0 aromatic carbocycles. The molecule has 0 bridgehead atoms. The molecule has 106 valence electrons. The first kappa shape index (κ1) is 14.8. The Morgan fingerprint density at radius 1 is 1.37 bits per heavy atom. The third kappa shape index (κ3) is 3.91. The molecule has 0 radical (unpaired) electrons. The molecule has 1 aliphatic carbocycles. The van der Waals surface area contributed by atoms with Gasteiger partial charge in [0.1, 0.15) is 5.15 Å². The molecule has 0 spiro atoms. The first-order chi connectivity index (χ1) is 9.24. The van der Waals surface area contributed by atoms with Crippen molar-refractivity contribution in [2.75, 3.05) is 13.1 Å². The molecule has 1 saturated carbocycles. The van der Waals surface area contributed by atoms with Crippen molar-refractivity contribution >= 4 is 11.6 Å². The van der Waals surface area contributed by atoms with Gasteiger partial charge in [0, 0.05) is 12.6 Å². The van der Waals surface area contributed by atoms with E-state index in [0.29, 0.717) is 17.1 Å². The molecule has 19 heavy (non-hydrogen) atoms. The maximum absolute atomic E-state index is 5.96. The summed E-state index contributed by atoms with van der Waals surface area (Å²) < 4.78 is 0. The van der Waals surface area contributed by atoms with Gasteiger partial charge in [0.2, 0.25) is 0 Å². The van der Waals surface area contributed by atoms with Crippen LogP contribution in [-0.4, -0.2) is 29.0 Å². The van der Waals surface area contributed by atoms with Crippen LogP contribution in [0, 0.1) is 5.92 Å². The smallest absolute Gasteiger partial charge is 0.129 e. The number of nitrogens with two attached hydrogens (primary N) is 1. The lowest BCUT2D eigenvalue weighted by Crippen LogP contribution is -2.44. The fraction of sp³-hybridized carbons (Fsp3) is 0.667. The molecule has 0 saturated heterocycles. The van der Waals surface area contributed by atoms with Crippen LogP contribution in [-0.2, 0) is 6.54 Å². The fourth-order valence-electron chi connectivity index (χ4n) is 3.15. The monoisotopic (exact) mass is 281 g/mol. The van der Waals surface area contributed by atoms with Gasteiger partial charge in [-0.15, -0.1) is 0 Å². The van der Waals surface area contributed by atoms with Crippen LogP contribution in [0.15, 0.2) is 18.2 Å². The predicted octanol–water partition coefficient (Wildman–Crippen LogP) is 3.07. The number of aromatic nitrogens is 1. The van der Waals surface area contributed by atoms with Crippen LogP contribution in [0.25, 0.3) is 0 Å². The molecule has 1 fully saturated rings. The summed E-state index contributed by atoms with van der Waals surface area (Å²) in [6.07, 6.45) is 5.17. The Hall–Kier alpha value is -0.640. The van der Waals surface area contributed by atoms with Crippen LogP contribution in [0.5, 0.6) is 0 Å². The van der Waals surface area contributed by atoms with Crippen molar-refractivity contribution < 1.29 is 0 Å². The van der Waals surface area contributed by atoms with E-state index in [1.54, 1.807) is 0 Å². The average molecular weight is 282 g/mol. The molecule has 4 heteroatoms. The molecule has 3 nitrogen and oxygen atoms in total. The van der Waals surface area contributed by atoms with Crippen LogP contribution in [0.4, 0.5) is 0 Å². The topological polar surface area (TPSA) is 42.2 Å². The van der Waals surface area contributed by atoms with Crippen molar-refractivity contribution in [3.05, 3.63) is 29.0 Å². The summed E-state index contributed by atoms with van der Waals surface area (Å²) in [7, 11) is 0. The first-order valence-electron chi connectivity index (χ1n) is 7.30. The van der Waals surface area contributed by atoms with E-state index < -0.39 is 0 Å². The Balaban J connectivity index is 2.06. The van der Waals surface area contributed by atoms with Gasteiger partial charge in [-0.2, -0.15) is 0 Å². The van der Waals surface area contributed by atoms with Crippen molar-refractivity contribution in [1.29, 1.82) is 0 Å². The second kappa shape index (κ2) is 7.22. The van der Waals surface area contributed by atoms with E-state index >= 15 is 0 Å². The second-order valence-corrected chi connectivity index (χ2v) is 5.75. The van der Waals surface area contributed by atoms with Gasteiger partial charge in [-0.05, 0) is 44.0 Å². The molecule has 1 aromatic rings. The van der Waals surface area contributed by atoms with E-state index in [2.05, 4.69) is 22.9 Å². The Morgan fingerprint density at radius 3 is 2.84 bits per heavy atom. The lowest BCUT2D eigenvalue weighted by Gasteiger charge is -2.39. The molecule has 2 rings (SSSR count). The minimum Gasteiger partial charge on any atom is -0.330 e. The summed E-state index contributed by atoms with van der Waals surface area (Å²) in [5, 5.41) is 0.576. The number of nitrogens with zero attached hydrogens (tertiary/aromatic N) is 2. The van der Waals surface area contributed by atoms with Gasteiger partial charge < -0.3 is 5.73 Å². The fourth-order valence-corrected chi connectivity index (χ4v) is 3.34. The summed E-state index contributed by atoms with van der Waals surface area (Å²) in [6.45, 7) is 4.92. The Morgan fingerprint density at radius 2 is 2.16 bits per heavy atom. The molecular weight excluding hydrogens is 258 g/mol. The normalized spacial score (nSPS) is 23.8. The van der Waals surface area contributed by atoms with E-state index in [4.69, 9.17) is 17.3 Å². The van der Waals surface area contributed by atoms with Gasteiger partial charge in [-0.1, -0.05) is 37.4 Å². The van der Waals surface area contributed by atoms with Gasteiger partial charge in [0.25, 0.3) is 0 Å². The van der Waals surface area contributed by atoms with Crippen LogP contribution in [0.1, 0.15) is 38.3 Å². The van der Waals surface area contributed by atoms with Gasteiger partial charge in [0.05, 0.1) is 5.69 Å². The minimum atomic E-state index is 0.576. The van der Waals surface area contributed by atoms with Crippen LogP contribution >= 0.6 is 11.6 Å². The zero-order chi connectivity index (χ0) is 13.7. The van der Waals surface area contributed by atoms with Gasteiger partial charge >= 0.3 is 0 Å². The van der Waals surface area contributed by atoms with Crippen molar-refractivity contribution in [2.45, 2.75) is 45.2 Å². The molecule has 2 unspecified atom stereocenters. The number of rotatable bonds is 5. The lowest BCUT2D eigenvalue weighted by molar-refractivity contribution is 0.104. The summed E-state index contributed by atoms with van der Waals surface area (Å²) in [5.41, 5.74) is 6.99. The van der Waals surface area contributed by atoms with Crippen molar-refractivity contribution in [2.24, 2.45) is 11.7 Å². The second-order valence-electron chi connectivity index (χ2n) is 5.36. The standard InChI is InChI=1S/C15H24ClN3/c1-2-19(11-13-7-5-9-15(16)18-13)14-8-4-3-6-12(14)10-17/h5,7,9,12,14H,2-4,6,8,10-11,17H2,1H3. The van der Waals surface area contributed by atoms with Crippen LogP contribution in [0.3, 0.4) is 0 Å². The first-order valence-corrected chi connectivity index (χ1v) is 7.68. The molecule has 2 N–H and O–H groups in total. The largest absolute Gasteiger partial charge is 0.330 e. The molecule has 1 aliphatic rings. The molecule has 1 aromatic heterocycles. The maximum atomic E-state index is 5.96. The van der Waals surface area contributed by atoms with E-state index in [9.17, 15) is 0 Å². The minimum absolute atomic E-state index is 0.576. The van der Waals surface area contributed by atoms with Gasteiger partial charge in [-0.3, -0.25) is 4.90 Å². The summed E-state index contributed by atoms with van der Waals surface area (Å²) in [5.74, 6) is 0.632. The highest BCUT2D eigenvalue weighted by atomic mass is 35.5. The zero-order valence-electron chi connectivity index (χ0n) is 11.7. The Kier molecular flexibility index (Phi) is 5.61. The average Bonchev–Trinajstić information content (AvgIpc) is 2.45. The molecule has 0 amide bonds. The van der Waals surface area contributed by atoms with E-state index in [1.165, 1.54) is 25.7 Å². The molecule has 1 heterocycles. The van der Waals surface area contributed by atoms with E-state index in [1.807, 2.05) is 12.1 Å². The van der Waals surface area contributed by atoms with E-state index in [0.717, 1.165) is 25.3 Å². The number of hydrogen-bond donors (Lipinski definition) is 1. The summed E-state index contributed by atoms with van der Waals surface area (Å²) in [6, 6.07) is 6.45. The third-order valence-corrected chi connectivity index (χ3v) is 4.40. The summed E-state index contributed by atoms with van der Waals surface area (Å²) >= 11 is 5.96. The number of hydrogen-bond acceptors (Lipinski definition) is 3. The van der Waals surface area contributed by atoms with Gasteiger partial charge in [0.15, 0.2) is 0 Å². The third-order valence-electron chi connectivity index (χ3n) is 4.18. The molecule has 0 aliphatic heterocycles. The zero-order valence-corrected chi connectivity index (χ0v) is 12.4. The molecular formula is C15H24ClN3. The van der Waals surface area contributed by atoms with E-state index in [-0.39, 0.29) is 0 Å². The van der Waals surface area contributed by atoms with Crippen molar-refractivity contribution in [3.63, 3.8) is 0 Å². The van der Waals surface area contributed by atoms with Gasteiger partial charge in [-0.25, -0.2) is 4.98 Å². The predicted molar refractivity (Wildman–Crippen MR) is 80.1 cm³/mol.